The molecule has 116 valence electrons. The van der Waals surface area contributed by atoms with Crippen LogP contribution in [0.5, 0.6) is 0 Å². The first-order valence-electron chi connectivity index (χ1n) is 6.18. The lowest BCUT2D eigenvalue weighted by atomic mass is 10.2. The van der Waals surface area contributed by atoms with Crippen molar-refractivity contribution in [1.82, 2.24) is 0 Å². The lowest BCUT2D eigenvalue weighted by molar-refractivity contribution is -0.0328. The van der Waals surface area contributed by atoms with Crippen LogP contribution in [0, 0.1) is 0 Å². The highest BCUT2D eigenvalue weighted by Crippen LogP contribution is 2.36. The third-order valence-electron chi connectivity index (χ3n) is 2.70. The SMILES string of the molecule is CSc1ccc(NC(=O)c2ccc(SC(F)(F)F)cc2)cc1. The quantitative estimate of drug-likeness (QED) is 0.767. The second-order valence-electron chi connectivity index (χ2n) is 4.25. The number of halogens is 3. The van der Waals surface area contributed by atoms with Gasteiger partial charge in [-0.1, -0.05) is 0 Å². The van der Waals surface area contributed by atoms with Crippen molar-refractivity contribution in [3.05, 3.63) is 54.1 Å². The van der Waals surface area contributed by atoms with Crippen molar-refractivity contribution in [2.45, 2.75) is 15.3 Å². The predicted octanol–water partition coefficient (Wildman–Crippen LogP) is 5.27. The summed E-state index contributed by atoms with van der Waals surface area (Å²) >= 11 is 1.39. The molecule has 0 aliphatic carbocycles. The third-order valence-corrected chi connectivity index (χ3v) is 4.18. The molecule has 0 radical (unpaired) electrons. The predicted molar refractivity (Wildman–Crippen MR) is 84.5 cm³/mol. The van der Waals surface area contributed by atoms with E-state index in [1.54, 1.807) is 23.9 Å². The molecular weight excluding hydrogens is 331 g/mol. The van der Waals surface area contributed by atoms with Gasteiger partial charge in [0.1, 0.15) is 0 Å². The van der Waals surface area contributed by atoms with Gasteiger partial charge in [0.15, 0.2) is 0 Å². The van der Waals surface area contributed by atoms with E-state index in [0.717, 1.165) is 4.90 Å². The van der Waals surface area contributed by atoms with Crippen molar-refractivity contribution < 1.29 is 18.0 Å². The summed E-state index contributed by atoms with van der Waals surface area (Å²) in [5, 5.41) is 2.70. The molecule has 0 spiro atoms. The fourth-order valence-electron chi connectivity index (χ4n) is 1.69. The number of alkyl halides is 3. The number of anilines is 1. The number of hydrogen-bond donors (Lipinski definition) is 1. The summed E-state index contributed by atoms with van der Waals surface area (Å²) in [4.78, 5) is 13.1. The Morgan fingerprint density at radius 2 is 1.50 bits per heavy atom. The number of carbonyl (C=O) groups is 1. The Morgan fingerprint density at radius 1 is 0.955 bits per heavy atom. The Morgan fingerprint density at radius 3 is 2.00 bits per heavy atom. The zero-order valence-electron chi connectivity index (χ0n) is 11.5. The first kappa shape index (κ1) is 16.8. The Hall–Kier alpha value is -1.60. The lowest BCUT2D eigenvalue weighted by Gasteiger charge is -2.08. The molecule has 0 aliphatic rings. The number of hydrogen-bond acceptors (Lipinski definition) is 3. The second-order valence-corrected chi connectivity index (χ2v) is 6.27. The third kappa shape index (κ3) is 4.99. The van der Waals surface area contributed by atoms with E-state index in [1.807, 2.05) is 18.4 Å². The van der Waals surface area contributed by atoms with Gasteiger partial charge < -0.3 is 5.32 Å². The van der Waals surface area contributed by atoms with Gasteiger partial charge in [0.2, 0.25) is 0 Å². The normalized spacial score (nSPS) is 11.3. The smallest absolute Gasteiger partial charge is 0.322 e. The Labute approximate surface area is 134 Å². The van der Waals surface area contributed by atoms with E-state index in [0.29, 0.717) is 11.3 Å². The molecule has 0 heterocycles. The molecule has 1 amide bonds. The summed E-state index contributed by atoms with van der Waals surface area (Å²) in [6.07, 6.45) is 1.95. The zero-order valence-corrected chi connectivity index (χ0v) is 13.1. The molecule has 7 heteroatoms. The average Bonchev–Trinajstić information content (AvgIpc) is 2.47. The molecule has 22 heavy (non-hydrogen) atoms. The maximum Gasteiger partial charge on any atom is 0.446 e. The standard InChI is InChI=1S/C15H12F3NOS2/c1-21-12-8-4-11(5-9-12)19-14(20)10-2-6-13(7-3-10)22-15(16,17)18/h2-9H,1H3,(H,19,20). The molecule has 2 aromatic carbocycles. The highest BCUT2D eigenvalue weighted by molar-refractivity contribution is 8.00. The van der Waals surface area contributed by atoms with E-state index >= 15 is 0 Å². The van der Waals surface area contributed by atoms with Crippen LogP contribution < -0.4 is 5.32 Å². The van der Waals surface area contributed by atoms with Crippen LogP contribution in [-0.2, 0) is 0 Å². The van der Waals surface area contributed by atoms with Gasteiger partial charge in [-0.05, 0) is 66.5 Å². The van der Waals surface area contributed by atoms with Gasteiger partial charge in [0.05, 0.1) is 0 Å². The van der Waals surface area contributed by atoms with Gasteiger partial charge in [-0.2, -0.15) is 13.2 Å². The Kier molecular flexibility index (Phi) is 5.42. The topological polar surface area (TPSA) is 29.1 Å². The second kappa shape index (κ2) is 7.11. The van der Waals surface area contributed by atoms with E-state index in [-0.39, 0.29) is 22.6 Å². The molecule has 2 rings (SSSR count). The highest BCUT2D eigenvalue weighted by atomic mass is 32.2. The number of rotatable bonds is 4. The van der Waals surface area contributed by atoms with E-state index in [1.165, 1.54) is 24.3 Å². The van der Waals surface area contributed by atoms with Gasteiger partial charge in [-0.3, -0.25) is 4.79 Å². The van der Waals surface area contributed by atoms with E-state index < -0.39 is 5.51 Å². The van der Waals surface area contributed by atoms with E-state index in [4.69, 9.17) is 0 Å². The minimum atomic E-state index is -4.33. The van der Waals surface area contributed by atoms with Crippen molar-refractivity contribution in [2.24, 2.45) is 0 Å². The largest absolute Gasteiger partial charge is 0.446 e. The van der Waals surface area contributed by atoms with Gasteiger partial charge in [-0.25, -0.2) is 0 Å². The Bertz CT molecular complexity index is 639. The molecule has 0 atom stereocenters. The molecule has 0 aliphatic heterocycles. The molecule has 2 aromatic rings. The minimum Gasteiger partial charge on any atom is -0.322 e. The van der Waals surface area contributed by atoms with Crippen LogP contribution in [0.3, 0.4) is 0 Å². The Balaban J connectivity index is 2.03. The summed E-state index contributed by atoms with van der Waals surface area (Å²) in [6.45, 7) is 0. The van der Waals surface area contributed by atoms with Crippen LogP contribution in [0.4, 0.5) is 18.9 Å². The number of benzene rings is 2. The molecule has 0 saturated carbocycles. The van der Waals surface area contributed by atoms with Crippen molar-refractivity contribution in [2.75, 3.05) is 11.6 Å². The summed E-state index contributed by atoms with van der Waals surface area (Å²) < 4.78 is 36.7. The molecule has 2 nitrogen and oxygen atoms in total. The molecule has 0 fully saturated rings. The highest BCUT2D eigenvalue weighted by Gasteiger charge is 2.29. The summed E-state index contributed by atoms with van der Waals surface area (Å²) in [5.41, 5.74) is -3.39. The van der Waals surface area contributed by atoms with Gasteiger partial charge in [0.25, 0.3) is 5.91 Å². The molecule has 0 aromatic heterocycles. The fourth-order valence-corrected chi connectivity index (χ4v) is 2.63. The fraction of sp³-hybridized carbons (Fsp3) is 0.133. The number of thioether (sulfide) groups is 2. The van der Waals surface area contributed by atoms with Crippen LogP contribution in [0.25, 0.3) is 0 Å². The van der Waals surface area contributed by atoms with E-state index in [9.17, 15) is 18.0 Å². The van der Waals surface area contributed by atoms with E-state index in [2.05, 4.69) is 5.32 Å². The van der Waals surface area contributed by atoms with Crippen LogP contribution in [0.15, 0.2) is 58.3 Å². The van der Waals surface area contributed by atoms with Crippen LogP contribution in [0.1, 0.15) is 10.4 Å². The van der Waals surface area contributed by atoms with Gasteiger partial charge in [-0.15, -0.1) is 11.8 Å². The van der Waals surface area contributed by atoms with Crippen molar-refractivity contribution >= 4 is 35.1 Å². The molecule has 0 unspecified atom stereocenters. The van der Waals surface area contributed by atoms with Crippen LogP contribution in [0.2, 0.25) is 0 Å². The first-order chi connectivity index (χ1) is 10.4. The minimum absolute atomic E-state index is 0.0494. The van der Waals surface area contributed by atoms with Crippen molar-refractivity contribution in [3.8, 4) is 0 Å². The lowest BCUT2D eigenvalue weighted by Crippen LogP contribution is -2.11. The number of nitrogens with one attached hydrogen (secondary N) is 1. The number of amides is 1. The zero-order chi connectivity index (χ0) is 16.2. The summed E-state index contributed by atoms with van der Waals surface area (Å²) in [7, 11) is 0. The first-order valence-corrected chi connectivity index (χ1v) is 8.23. The average molecular weight is 343 g/mol. The van der Waals surface area contributed by atoms with Crippen molar-refractivity contribution in [1.29, 1.82) is 0 Å². The maximum atomic E-state index is 12.2. The monoisotopic (exact) mass is 343 g/mol. The van der Waals surface area contributed by atoms with Crippen LogP contribution >= 0.6 is 23.5 Å². The van der Waals surface area contributed by atoms with Gasteiger partial charge >= 0.3 is 5.51 Å². The number of carbonyl (C=O) groups excluding carboxylic acids is 1. The molecule has 0 saturated heterocycles. The molecule has 1 N–H and O–H groups in total. The summed E-state index contributed by atoms with van der Waals surface area (Å²) in [5.74, 6) is -0.361. The van der Waals surface area contributed by atoms with Crippen LogP contribution in [-0.4, -0.2) is 17.7 Å². The van der Waals surface area contributed by atoms with Gasteiger partial charge in [0, 0.05) is 21.0 Å². The van der Waals surface area contributed by atoms with Crippen molar-refractivity contribution in [3.63, 3.8) is 0 Å². The molecule has 0 bridgehead atoms. The maximum absolute atomic E-state index is 12.2. The summed E-state index contributed by atoms with van der Waals surface area (Å²) in [6, 6.07) is 12.6. The molecular formula is C15H12F3NOS2.